The lowest BCUT2D eigenvalue weighted by atomic mass is 10.2. The van der Waals surface area contributed by atoms with E-state index in [4.69, 9.17) is 0 Å². The van der Waals surface area contributed by atoms with Crippen LogP contribution in [0.5, 0.6) is 0 Å². The number of piperazine rings is 1. The molecule has 1 aliphatic rings. The molecule has 2 heterocycles. The van der Waals surface area contributed by atoms with Gasteiger partial charge in [0.1, 0.15) is 17.8 Å². The molecule has 2 aromatic carbocycles. The summed E-state index contributed by atoms with van der Waals surface area (Å²) in [7, 11) is 0. The van der Waals surface area contributed by atoms with Crippen LogP contribution in [0.15, 0.2) is 53.3 Å². The summed E-state index contributed by atoms with van der Waals surface area (Å²) in [6.07, 6.45) is 1.58. The summed E-state index contributed by atoms with van der Waals surface area (Å²) < 4.78 is 0.986. The van der Waals surface area contributed by atoms with Crippen LogP contribution in [0.3, 0.4) is 0 Å². The molecule has 1 saturated heterocycles. The molecule has 0 amide bonds. The molecule has 1 aromatic heterocycles. The zero-order chi connectivity index (χ0) is 18.1. The Morgan fingerprint density at radius 3 is 2.50 bits per heavy atom. The van der Waals surface area contributed by atoms with Crippen molar-refractivity contribution in [3.8, 4) is 0 Å². The highest BCUT2D eigenvalue weighted by molar-refractivity contribution is 9.10. The van der Waals surface area contributed by atoms with E-state index >= 15 is 0 Å². The fraction of sp³-hybridized carbons (Fsp3) is 0.222. The minimum absolute atomic E-state index is 0.150. The van der Waals surface area contributed by atoms with E-state index in [1.165, 1.54) is 0 Å². The van der Waals surface area contributed by atoms with Gasteiger partial charge in [0.15, 0.2) is 0 Å². The van der Waals surface area contributed by atoms with Crippen LogP contribution in [0.2, 0.25) is 0 Å². The second-order valence-corrected chi connectivity index (χ2v) is 6.99. The summed E-state index contributed by atoms with van der Waals surface area (Å²) in [5.74, 6) is 0.901. The Hall–Kier alpha value is -2.74. The standard InChI is InChI=1S/C18H16BrN5O2/c19-13-5-6-15-14(11-13)18(21-12-20-15)23-9-7-22(8-10-23)16-3-1-2-4-17(16)24(25)26/h1-6,11-12H,7-10H2. The molecule has 0 saturated carbocycles. The van der Waals surface area contributed by atoms with Gasteiger partial charge in [0.05, 0.1) is 10.4 Å². The molecule has 0 atom stereocenters. The first-order valence-corrected chi connectivity index (χ1v) is 9.06. The van der Waals surface area contributed by atoms with Crippen molar-refractivity contribution in [1.29, 1.82) is 0 Å². The van der Waals surface area contributed by atoms with Crippen LogP contribution >= 0.6 is 15.9 Å². The molecule has 26 heavy (non-hydrogen) atoms. The van der Waals surface area contributed by atoms with Crippen LogP contribution in [0.1, 0.15) is 0 Å². The number of rotatable bonds is 3. The summed E-state index contributed by atoms with van der Waals surface area (Å²) in [6.45, 7) is 2.88. The topological polar surface area (TPSA) is 75.4 Å². The molecule has 0 bridgehead atoms. The molecule has 0 spiro atoms. The molecule has 0 radical (unpaired) electrons. The predicted octanol–water partition coefficient (Wildman–Crippen LogP) is 3.63. The zero-order valence-electron chi connectivity index (χ0n) is 13.9. The highest BCUT2D eigenvalue weighted by atomic mass is 79.9. The van der Waals surface area contributed by atoms with Crippen LogP contribution in [0.25, 0.3) is 10.9 Å². The predicted molar refractivity (Wildman–Crippen MR) is 105 cm³/mol. The van der Waals surface area contributed by atoms with Crippen LogP contribution in [-0.4, -0.2) is 41.1 Å². The minimum atomic E-state index is -0.322. The van der Waals surface area contributed by atoms with Crippen molar-refractivity contribution in [2.24, 2.45) is 0 Å². The first-order chi connectivity index (χ1) is 12.6. The first kappa shape index (κ1) is 16.7. The Kier molecular flexibility index (Phi) is 4.42. The van der Waals surface area contributed by atoms with Gasteiger partial charge < -0.3 is 9.80 Å². The van der Waals surface area contributed by atoms with E-state index < -0.39 is 0 Å². The molecule has 1 fully saturated rings. The van der Waals surface area contributed by atoms with Gasteiger partial charge in [0.25, 0.3) is 5.69 Å². The molecule has 3 aromatic rings. The average molecular weight is 414 g/mol. The smallest absolute Gasteiger partial charge is 0.292 e. The summed E-state index contributed by atoms with van der Waals surface area (Å²) >= 11 is 3.51. The van der Waals surface area contributed by atoms with Crippen molar-refractivity contribution in [2.75, 3.05) is 36.0 Å². The van der Waals surface area contributed by atoms with E-state index in [1.54, 1.807) is 18.5 Å². The first-order valence-electron chi connectivity index (χ1n) is 8.27. The monoisotopic (exact) mass is 413 g/mol. The maximum Gasteiger partial charge on any atom is 0.292 e. The maximum atomic E-state index is 11.3. The second kappa shape index (κ2) is 6.87. The van der Waals surface area contributed by atoms with Crippen LogP contribution in [0.4, 0.5) is 17.2 Å². The summed E-state index contributed by atoms with van der Waals surface area (Å²) in [6, 6.07) is 12.9. The van der Waals surface area contributed by atoms with Crippen molar-refractivity contribution in [2.45, 2.75) is 0 Å². The Balaban J connectivity index is 1.58. The Morgan fingerprint density at radius 1 is 1.00 bits per heavy atom. The largest absolute Gasteiger partial charge is 0.362 e. The van der Waals surface area contributed by atoms with Gasteiger partial charge in [-0.15, -0.1) is 0 Å². The average Bonchev–Trinajstić information content (AvgIpc) is 2.67. The number of hydrogen-bond donors (Lipinski definition) is 0. The third-order valence-corrected chi connectivity index (χ3v) is 5.07. The summed E-state index contributed by atoms with van der Waals surface area (Å²) in [5, 5.41) is 12.3. The van der Waals surface area contributed by atoms with Gasteiger partial charge in [0.2, 0.25) is 0 Å². The number of para-hydroxylation sites is 2. The molecule has 132 valence electrons. The van der Waals surface area contributed by atoms with Gasteiger partial charge in [-0.3, -0.25) is 10.1 Å². The number of nitrogens with zero attached hydrogens (tertiary/aromatic N) is 5. The fourth-order valence-electron chi connectivity index (χ4n) is 3.31. The number of halogens is 1. The number of fused-ring (bicyclic) bond motifs is 1. The number of benzene rings is 2. The molecule has 0 unspecified atom stereocenters. The van der Waals surface area contributed by atoms with Gasteiger partial charge in [-0.2, -0.15) is 0 Å². The third-order valence-electron chi connectivity index (χ3n) is 4.57. The number of hydrogen-bond acceptors (Lipinski definition) is 6. The Labute approximate surface area is 158 Å². The summed E-state index contributed by atoms with van der Waals surface area (Å²) in [4.78, 5) is 24.0. The quantitative estimate of drug-likeness (QED) is 0.481. The van der Waals surface area contributed by atoms with Crippen molar-refractivity contribution in [1.82, 2.24) is 9.97 Å². The molecular weight excluding hydrogens is 398 g/mol. The lowest BCUT2D eigenvalue weighted by Crippen LogP contribution is -2.47. The summed E-state index contributed by atoms with van der Waals surface area (Å²) in [5.41, 5.74) is 1.73. The van der Waals surface area contributed by atoms with Crippen molar-refractivity contribution in [3.05, 3.63) is 63.4 Å². The number of nitro benzene ring substituents is 1. The van der Waals surface area contributed by atoms with Gasteiger partial charge in [-0.1, -0.05) is 28.1 Å². The highest BCUT2D eigenvalue weighted by Crippen LogP contribution is 2.30. The van der Waals surface area contributed by atoms with Crippen LogP contribution < -0.4 is 9.80 Å². The number of nitro groups is 1. The molecule has 4 rings (SSSR count). The van der Waals surface area contributed by atoms with Gasteiger partial charge >= 0.3 is 0 Å². The molecular formula is C18H16BrN5O2. The van der Waals surface area contributed by atoms with Crippen LogP contribution in [0, 0.1) is 10.1 Å². The maximum absolute atomic E-state index is 11.3. The van der Waals surface area contributed by atoms with E-state index in [2.05, 4.69) is 35.7 Å². The van der Waals surface area contributed by atoms with E-state index in [0.29, 0.717) is 18.8 Å². The highest BCUT2D eigenvalue weighted by Gasteiger charge is 2.24. The second-order valence-electron chi connectivity index (χ2n) is 6.08. The van der Waals surface area contributed by atoms with Gasteiger partial charge in [-0.05, 0) is 24.3 Å². The lowest BCUT2D eigenvalue weighted by Gasteiger charge is -2.36. The van der Waals surface area contributed by atoms with E-state index in [-0.39, 0.29) is 10.6 Å². The fourth-order valence-corrected chi connectivity index (χ4v) is 3.67. The van der Waals surface area contributed by atoms with Crippen LogP contribution in [-0.2, 0) is 0 Å². The van der Waals surface area contributed by atoms with E-state index in [1.807, 2.05) is 30.3 Å². The van der Waals surface area contributed by atoms with Gasteiger partial charge in [0, 0.05) is 42.1 Å². The zero-order valence-corrected chi connectivity index (χ0v) is 15.5. The molecule has 7 nitrogen and oxygen atoms in total. The van der Waals surface area contributed by atoms with Crippen molar-refractivity contribution < 1.29 is 4.92 Å². The minimum Gasteiger partial charge on any atom is -0.362 e. The Morgan fingerprint density at radius 2 is 1.73 bits per heavy atom. The SMILES string of the molecule is O=[N+]([O-])c1ccccc1N1CCN(c2ncnc3ccc(Br)cc23)CC1. The molecule has 1 aliphatic heterocycles. The van der Waals surface area contributed by atoms with Crippen molar-refractivity contribution >= 4 is 44.0 Å². The van der Waals surface area contributed by atoms with Gasteiger partial charge in [-0.25, -0.2) is 9.97 Å². The van der Waals surface area contributed by atoms with E-state index in [9.17, 15) is 10.1 Å². The molecule has 8 heteroatoms. The normalized spacial score (nSPS) is 14.7. The number of anilines is 2. The lowest BCUT2D eigenvalue weighted by molar-refractivity contribution is -0.384. The number of aromatic nitrogens is 2. The molecule has 0 aliphatic carbocycles. The molecule has 0 N–H and O–H groups in total. The van der Waals surface area contributed by atoms with Crippen molar-refractivity contribution in [3.63, 3.8) is 0 Å². The van der Waals surface area contributed by atoms with E-state index in [0.717, 1.165) is 34.3 Å². The third kappa shape index (κ3) is 3.08. The Bertz CT molecular complexity index is 973.